The van der Waals surface area contributed by atoms with Gasteiger partial charge in [-0.1, -0.05) is 11.2 Å². The van der Waals surface area contributed by atoms with Crippen molar-refractivity contribution in [1.29, 1.82) is 0 Å². The van der Waals surface area contributed by atoms with Gasteiger partial charge in [0.05, 0.1) is 22.2 Å². The van der Waals surface area contributed by atoms with Crippen LogP contribution in [0.25, 0.3) is 0 Å². The lowest BCUT2D eigenvalue weighted by atomic mass is 9.85. The molecular weight excluding hydrogens is 501 g/mol. The molecule has 2 N–H and O–H groups in total. The molecule has 12 heteroatoms. The van der Waals surface area contributed by atoms with Crippen LogP contribution in [0.15, 0.2) is 40.0 Å². The number of amides is 1. The molecule has 1 aliphatic heterocycles. The maximum atomic E-state index is 14.6. The molecule has 3 rings (SSSR count). The second-order valence-electron chi connectivity index (χ2n) is 6.84. The number of nitrogens with two attached hydrogens (primary N) is 1. The maximum absolute atomic E-state index is 14.6. The van der Waals surface area contributed by atoms with Crippen molar-refractivity contribution in [2.24, 2.45) is 10.9 Å². The van der Waals surface area contributed by atoms with Crippen LogP contribution in [0, 0.1) is 12.7 Å². The SMILES string of the molecule is Cc1cc(C2=NO[C@](c3cc(C(F)(F)F)cc(Br)c3F)(C(F)(F)F)C2)ccc1C(N)=O. The molecule has 0 aromatic heterocycles. The van der Waals surface area contributed by atoms with E-state index < -0.39 is 51.7 Å². The standard InChI is InChI=1S/C19H12BrF7N2O2/c1-8-4-9(2-3-11(8)16(28)30)14-7-17(31-29-14,19(25,26)27)12-5-10(18(22,23)24)6-13(20)15(12)21/h2-6H,7H2,1H3,(H2,28,30)/t17-/m1/s1. The minimum Gasteiger partial charge on any atom is -0.374 e. The number of carbonyl (C=O) groups excluding carboxylic acids is 1. The number of hydrogen-bond acceptors (Lipinski definition) is 3. The zero-order valence-corrected chi connectivity index (χ0v) is 17.0. The number of benzene rings is 2. The van der Waals surface area contributed by atoms with Gasteiger partial charge in [-0.3, -0.25) is 4.79 Å². The van der Waals surface area contributed by atoms with E-state index in [0.717, 1.165) is 0 Å². The van der Waals surface area contributed by atoms with Gasteiger partial charge in [0.1, 0.15) is 5.82 Å². The molecule has 0 bridgehead atoms. The van der Waals surface area contributed by atoms with Crippen LogP contribution < -0.4 is 5.73 Å². The number of aryl methyl sites for hydroxylation is 1. The number of nitrogens with zero attached hydrogens (tertiary/aromatic N) is 1. The summed E-state index contributed by atoms with van der Waals surface area (Å²) in [7, 11) is 0. The zero-order valence-electron chi connectivity index (χ0n) is 15.5. The summed E-state index contributed by atoms with van der Waals surface area (Å²) in [5, 5.41) is 3.40. The Morgan fingerprint density at radius 2 is 1.81 bits per heavy atom. The van der Waals surface area contributed by atoms with E-state index in [1.54, 1.807) is 0 Å². The fourth-order valence-electron chi connectivity index (χ4n) is 3.20. The van der Waals surface area contributed by atoms with E-state index in [1.807, 2.05) is 0 Å². The number of halogens is 8. The van der Waals surface area contributed by atoms with Crippen molar-refractivity contribution in [3.8, 4) is 0 Å². The number of alkyl halides is 6. The van der Waals surface area contributed by atoms with Crippen LogP contribution in [-0.4, -0.2) is 17.8 Å². The second kappa shape index (κ2) is 7.50. The Morgan fingerprint density at radius 1 is 1.16 bits per heavy atom. The van der Waals surface area contributed by atoms with Crippen molar-refractivity contribution in [2.45, 2.75) is 31.3 Å². The summed E-state index contributed by atoms with van der Waals surface area (Å²) in [6.07, 6.45) is -11.4. The van der Waals surface area contributed by atoms with Gasteiger partial charge in [0, 0.05) is 11.1 Å². The van der Waals surface area contributed by atoms with Crippen LogP contribution in [0.2, 0.25) is 0 Å². The zero-order chi connectivity index (χ0) is 23.4. The van der Waals surface area contributed by atoms with Gasteiger partial charge in [-0.05, 0) is 58.2 Å². The first kappa shape index (κ1) is 23.0. The topological polar surface area (TPSA) is 64.7 Å². The lowest BCUT2D eigenvalue weighted by Gasteiger charge is -2.30. The quantitative estimate of drug-likeness (QED) is 0.544. The predicted octanol–water partition coefficient (Wildman–Crippen LogP) is 5.60. The molecule has 1 atom stereocenters. The van der Waals surface area contributed by atoms with Crippen LogP contribution >= 0.6 is 15.9 Å². The van der Waals surface area contributed by atoms with Crippen molar-refractivity contribution in [1.82, 2.24) is 0 Å². The largest absolute Gasteiger partial charge is 0.435 e. The molecule has 0 spiro atoms. The Morgan fingerprint density at radius 3 is 2.32 bits per heavy atom. The molecule has 4 nitrogen and oxygen atoms in total. The summed E-state index contributed by atoms with van der Waals surface area (Å²) in [5.74, 6) is -2.31. The summed E-state index contributed by atoms with van der Waals surface area (Å²) in [6.45, 7) is 1.49. The maximum Gasteiger partial charge on any atom is 0.435 e. The van der Waals surface area contributed by atoms with Gasteiger partial charge in [-0.25, -0.2) is 4.39 Å². The molecule has 0 fully saturated rings. The van der Waals surface area contributed by atoms with E-state index in [2.05, 4.69) is 25.9 Å². The molecule has 166 valence electrons. The molecule has 2 aromatic rings. The molecular formula is C19H12BrF7N2O2. The number of primary amides is 1. The molecule has 1 amide bonds. The number of rotatable bonds is 3. The molecule has 1 heterocycles. The Kier molecular flexibility index (Phi) is 5.58. The summed E-state index contributed by atoms with van der Waals surface area (Å²) < 4.78 is 95.4. The van der Waals surface area contributed by atoms with Crippen molar-refractivity contribution in [3.63, 3.8) is 0 Å². The van der Waals surface area contributed by atoms with Crippen molar-refractivity contribution >= 4 is 27.5 Å². The molecule has 0 radical (unpaired) electrons. The Bertz CT molecular complexity index is 1100. The first-order valence-electron chi connectivity index (χ1n) is 8.46. The van der Waals surface area contributed by atoms with Crippen molar-refractivity contribution in [3.05, 3.63) is 68.4 Å². The highest BCUT2D eigenvalue weighted by Gasteiger charge is 2.64. The van der Waals surface area contributed by atoms with Crippen LogP contribution in [0.4, 0.5) is 30.7 Å². The Labute approximate surface area is 179 Å². The average molecular weight is 513 g/mol. The van der Waals surface area contributed by atoms with Crippen LogP contribution in [0.5, 0.6) is 0 Å². The monoisotopic (exact) mass is 512 g/mol. The summed E-state index contributed by atoms with van der Waals surface area (Å²) in [6, 6.07) is 4.26. The van der Waals surface area contributed by atoms with Crippen LogP contribution in [0.1, 0.15) is 39.0 Å². The van der Waals surface area contributed by atoms with Gasteiger partial charge in [-0.15, -0.1) is 0 Å². The Balaban J connectivity index is 2.12. The summed E-state index contributed by atoms with van der Waals surface area (Å²) in [5.41, 5.74) is -0.844. The van der Waals surface area contributed by atoms with Gasteiger partial charge in [0.25, 0.3) is 5.60 Å². The molecule has 0 aliphatic carbocycles. The molecule has 31 heavy (non-hydrogen) atoms. The third kappa shape index (κ3) is 4.00. The first-order chi connectivity index (χ1) is 14.2. The van der Waals surface area contributed by atoms with E-state index >= 15 is 0 Å². The second-order valence-corrected chi connectivity index (χ2v) is 7.70. The summed E-state index contributed by atoms with van der Waals surface area (Å²) >= 11 is 2.54. The van der Waals surface area contributed by atoms with Crippen LogP contribution in [0.3, 0.4) is 0 Å². The molecule has 0 saturated heterocycles. The summed E-state index contributed by atoms with van der Waals surface area (Å²) in [4.78, 5) is 16.0. The first-order valence-corrected chi connectivity index (χ1v) is 9.26. The lowest BCUT2D eigenvalue weighted by molar-refractivity contribution is -0.277. The normalized spacial score (nSPS) is 19.2. The lowest BCUT2D eigenvalue weighted by Crippen LogP contribution is -2.43. The third-order valence-electron chi connectivity index (χ3n) is 4.80. The van der Waals surface area contributed by atoms with Crippen LogP contribution in [-0.2, 0) is 16.6 Å². The van der Waals surface area contributed by atoms with Gasteiger partial charge < -0.3 is 10.6 Å². The predicted molar refractivity (Wildman–Crippen MR) is 98.8 cm³/mol. The third-order valence-corrected chi connectivity index (χ3v) is 5.38. The van der Waals surface area contributed by atoms with Gasteiger partial charge in [-0.2, -0.15) is 26.3 Å². The van der Waals surface area contributed by atoms with Gasteiger partial charge in [0.15, 0.2) is 0 Å². The minimum absolute atomic E-state index is 0.0630. The number of oxime groups is 1. The molecule has 0 saturated carbocycles. The fourth-order valence-corrected chi connectivity index (χ4v) is 3.66. The minimum atomic E-state index is -5.31. The smallest absolute Gasteiger partial charge is 0.374 e. The van der Waals surface area contributed by atoms with E-state index in [4.69, 9.17) is 5.73 Å². The van der Waals surface area contributed by atoms with Crippen molar-refractivity contribution < 1.29 is 40.4 Å². The highest BCUT2D eigenvalue weighted by atomic mass is 79.9. The van der Waals surface area contributed by atoms with E-state index in [9.17, 15) is 35.5 Å². The Hall–Kier alpha value is -2.63. The highest BCUT2D eigenvalue weighted by Crippen LogP contribution is 2.51. The van der Waals surface area contributed by atoms with Crippen molar-refractivity contribution in [2.75, 3.05) is 0 Å². The van der Waals surface area contributed by atoms with Gasteiger partial charge >= 0.3 is 12.4 Å². The molecule has 2 aromatic carbocycles. The van der Waals surface area contributed by atoms with Gasteiger partial charge in [0.2, 0.25) is 5.91 Å². The van der Waals surface area contributed by atoms with E-state index in [0.29, 0.717) is 11.6 Å². The fraction of sp³-hybridized carbons (Fsp3) is 0.263. The molecule has 1 aliphatic rings. The molecule has 0 unspecified atom stereocenters. The average Bonchev–Trinajstić information content (AvgIpc) is 3.09. The number of carbonyl (C=O) groups is 1. The van der Waals surface area contributed by atoms with E-state index in [1.165, 1.54) is 25.1 Å². The van der Waals surface area contributed by atoms with E-state index in [-0.39, 0.29) is 22.9 Å². The number of hydrogen-bond donors (Lipinski definition) is 1. The highest BCUT2D eigenvalue weighted by molar-refractivity contribution is 9.10.